The zero-order valence-corrected chi connectivity index (χ0v) is 14.2. The number of para-hydroxylation sites is 2. The Morgan fingerprint density at radius 1 is 0.917 bits per heavy atom. The van der Waals surface area contributed by atoms with E-state index in [9.17, 15) is 9.59 Å². The lowest BCUT2D eigenvalue weighted by molar-refractivity contribution is -0.128. The van der Waals surface area contributed by atoms with Crippen LogP contribution in [0, 0.1) is 5.41 Å². The van der Waals surface area contributed by atoms with Gasteiger partial charge in [0.15, 0.2) is 0 Å². The summed E-state index contributed by atoms with van der Waals surface area (Å²) in [6.07, 6.45) is 0. The smallest absolute Gasteiger partial charge is 0.326 e. The number of hydrogen-bond acceptors (Lipinski definition) is 2. The molecular formula is C19H23N3O2. The Morgan fingerprint density at radius 3 is 1.79 bits per heavy atom. The van der Waals surface area contributed by atoms with E-state index in [1.807, 2.05) is 60.7 Å². The maximum Gasteiger partial charge on any atom is 0.326 e. The molecule has 0 unspecified atom stereocenters. The van der Waals surface area contributed by atoms with Gasteiger partial charge in [0, 0.05) is 13.6 Å². The largest absolute Gasteiger partial charge is 0.359 e. The molecule has 0 spiro atoms. The predicted molar refractivity (Wildman–Crippen MR) is 96.3 cm³/mol. The highest BCUT2D eigenvalue weighted by atomic mass is 16.2. The van der Waals surface area contributed by atoms with Crippen LogP contribution in [-0.4, -0.2) is 25.5 Å². The highest BCUT2D eigenvalue weighted by molar-refractivity contribution is 5.99. The van der Waals surface area contributed by atoms with Gasteiger partial charge in [-0.3, -0.25) is 9.69 Å². The van der Waals surface area contributed by atoms with Gasteiger partial charge in [-0.25, -0.2) is 4.79 Å². The van der Waals surface area contributed by atoms with Crippen molar-refractivity contribution in [3.8, 4) is 0 Å². The minimum Gasteiger partial charge on any atom is -0.359 e. The molecule has 0 aliphatic heterocycles. The van der Waals surface area contributed by atoms with Crippen LogP contribution in [0.4, 0.5) is 16.2 Å². The van der Waals surface area contributed by atoms with E-state index >= 15 is 0 Å². The average molecular weight is 325 g/mol. The van der Waals surface area contributed by atoms with Gasteiger partial charge in [0.25, 0.3) is 0 Å². The second-order valence-electron chi connectivity index (χ2n) is 6.13. The third-order valence-corrected chi connectivity index (χ3v) is 3.76. The first-order valence-electron chi connectivity index (χ1n) is 7.86. The number of nitrogens with zero attached hydrogens (tertiary/aromatic N) is 1. The molecule has 2 rings (SSSR count). The minimum absolute atomic E-state index is 0.117. The molecule has 2 N–H and O–H groups in total. The van der Waals surface area contributed by atoms with E-state index in [1.165, 1.54) is 0 Å². The van der Waals surface area contributed by atoms with E-state index in [4.69, 9.17) is 0 Å². The molecule has 0 aromatic heterocycles. The van der Waals surface area contributed by atoms with Crippen LogP contribution in [0.15, 0.2) is 60.7 Å². The molecule has 5 nitrogen and oxygen atoms in total. The van der Waals surface area contributed by atoms with Crippen molar-refractivity contribution >= 4 is 23.3 Å². The molecule has 0 saturated heterocycles. The van der Waals surface area contributed by atoms with E-state index in [1.54, 1.807) is 25.8 Å². The Hall–Kier alpha value is -2.82. The topological polar surface area (TPSA) is 61.4 Å². The molecule has 0 radical (unpaired) electrons. The molecule has 0 fully saturated rings. The summed E-state index contributed by atoms with van der Waals surface area (Å²) in [7, 11) is 1.59. The Bertz CT molecular complexity index is 645. The van der Waals surface area contributed by atoms with Gasteiger partial charge in [0.05, 0.1) is 16.8 Å². The third kappa shape index (κ3) is 4.13. The van der Waals surface area contributed by atoms with E-state index in [0.717, 1.165) is 11.4 Å². The molecule has 2 aromatic carbocycles. The van der Waals surface area contributed by atoms with Crippen molar-refractivity contribution in [3.63, 3.8) is 0 Å². The Morgan fingerprint density at radius 2 is 1.38 bits per heavy atom. The van der Waals surface area contributed by atoms with Crippen LogP contribution in [0.5, 0.6) is 0 Å². The molecule has 24 heavy (non-hydrogen) atoms. The van der Waals surface area contributed by atoms with Crippen LogP contribution in [0.3, 0.4) is 0 Å². The van der Waals surface area contributed by atoms with Crippen LogP contribution in [0.2, 0.25) is 0 Å². The Labute approximate surface area is 142 Å². The number of benzene rings is 2. The first-order chi connectivity index (χ1) is 11.5. The molecule has 2 aromatic rings. The van der Waals surface area contributed by atoms with Crippen molar-refractivity contribution in [1.29, 1.82) is 0 Å². The lowest BCUT2D eigenvalue weighted by Gasteiger charge is -2.27. The quantitative estimate of drug-likeness (QED) is 0.886. The molecule has 0 aliphatic rings. The summed E-state index contributed by atoms with van der Waals surface area (Å²) in [4.78, 5) is 26.3. The minimum atomic E-state index is -0.691. The van der Waals surface area contributed by atoms with Gasteiger partial charge in [0.1, 0.15) is 0 Å². The lowest BCUT2D eigenvalue weighted by Crippen LogP contribution is -2.46. The summed E-state index contributed by atoms with van der Waals surface area (Å²) in [6, 6.07) is 18.5. The summed E-state index contributed by atoms with van der Waals surface area (Å²) in [5.41, 5.74) is 0.835. The highest BCUT2D eigenvalue weighted by Crippen LogP contribution is 2.25. The molecule has 0 saturated carbocycles. The van der Waals surface area contributed by atoms with Gasteiger partial charge >= 0.3 is 6.03 Å². The fourth-order valence-corrected chi connectivity index (χ4v) is 2.33. The molecule has 0 bridgehead atoms. The summed E-state index contributed by atoms with van der Waals surface area (Å²) < 4.78 is 0. The van der Waals surface area contributed by atoms with Crippen molar-refractivity contribution in [3.05, 3.63) is 60.7 Å². The van der Waals surface area contributed by atoms with Crippen molar-refractivity contribution in [1.82, 2.24) is 10.6 Å². The van der Waals surface area contributed by atoms with Gasteiger partial charge in [-0.15, -0.1) is 0 Å². The van der Waals surface area contributed by atoms with Crippen molar-refractivity contribution < 1.29 is 9.59 Å². The molecule has 126 valence electrons. The summed E-state index contributed by atoms with van der Waals surface area (Å²) in [5, 5.41) is 5.48. The highest BCUT2D eigenvalue weighted by Gasteiger charge is 2.28. The molecule has 0 aliphatic carbocycles. The number of anilines is 2. The summed E-state index contributed by atoms with van der Waals surface area (Å²) in [5.74, 6) is -0.117. The lowest BCUT2D eigenvalue weighted by atomic mass is 9.92. The zero-order chi connectivity index (χ0) is 17.6. The second kappa shape index (κ2) is 7.64. The number of carbonyl (C=O) groups excluding carboxylic acids is 2. The number of carbonyl (C=O) groups is 2. The zero-order valence-electron chi connectivity index (χ0n) is 14.2. The van der Waals surface area contributed by atoms with Gasteiger partial charge in [0.2, 0.25) is 5.91 Å². The van der Waals surface area contributed by atoms with E-state index in [-0.39, 0.29) is 18.5 Å². The van der Waals surface area contributed by atoms with Crippen molar-refractivity contribution in [2.24, 2.45) is 5.41 Å². The SMILES string of the molecule is CNC(=O)C(C)(C)CNC(=O)N(c1ccccc1)c1ccccc1. The average Bonchev–Trinajstić information content (AvgIpc) is 2.61. The third-order valence-electron chi connectivity index (χ3n) is 3.76. The second-order valence-corrected chi connectivity index (χ2v) is 6.13. The van der Waals surface area contributed by atoms with E-state index in [0.29, 0.717) is 0 Å². The van der Waals surface area contributed by atoms with Crippen LogP contribution >= 0.6 is 0 Å². The fraction of sp³-hybridized carbons (Fsp3) is 0.263. The van der Waals surface area contributed by atoms with Crippen LogP contribution in [0.25, 0.3) is 0 Å². The number of rotatable bonds is 5. The Kier molecular flexibility index (Phi) is 5.58. The first-order valence-corrected chi connectivity index (χ1v) is 7.86. The normalized spacial score (nSPS) is 10.8. The standard InChI is InChI=1S/C19H23N3O2/c1-19(2,17(23)20-3)14-21-18(24)22(15-10-6-4-7-11-15)16-12-8-5-9-13-16/h4-13H,14H2,1-3H3,(H,20,23)(H,21,24). The van der Waals surface area contributed by atoms with Crippen molar-refractivity contribution in [2.45, 2.75) is 13.8 Å². The number of amides is 3. The van der Waals surface area contributed by atoms with Crippen molar-refractivity contribution in [2.75, 3.05) is 18.5 Å². The van der Waals surface area contributed by atoms with Gasteiger partial charge in [-0.2, -0.15) is 0 Å². The summed E-state index contributed by atoms with van der Waals surface area (Å²) in [6.45, 7) is 3.82. The maximum absolute atomic E-state index is 12.8. The number of urea groups is 1. The van der Waals surface area contributed by atoms with Crippen LogP contribution < -0.4 is 15.5 Å². The van der Waals surface area contributed by atoms with Crippen LogP contribution in [-0.2, 0) is 4.79 Å². The Balaban J connectivity index is 2.22. The fourth-order valence-electron chi connectivity index (χ4n) is 2.33. The molecule has 5 heteroatoms. The summed E-state index contributed by atoms with van der Waals surface area (Å²) >= 11 is 0. The predicted octanol–water partition coefficient (Wildman–Crippen LogP) is 3.31. The molecular weight excluding hydrogens is 302 g/mol. The van der Waals surface area contributed by atoms with Gasteiger partial charge < -0.3 is 10.6 Å². The number of hydrogen-bond donors (Lipinski definition) is 2. The number of nitrogens with one attached hydrogen (secondary N) is 2. The maximum atomic E-state index is 12.8. The monoisotopic (exact) mass is 325 g/mol. The molecule has 0 atom stereocenters. The molecule has 3 amide bonds. The van der Waals surface area contributed by atoms with Gasteiger partial charge in [-0.1, -0.05) is 36.4 Å². The van der Waals surface area contributed by atoms with Crippen LogP contribution in [0.1, 0.15) is 13.8 Å². The molecule has 0 heterocycles. The van der Waals surface area contributed by atoms with Gasteiger partial charge in [-0.05, 0) is 38.1 Å². The first kappa shape index (κ1) is 17.5. The van der Waals surface area contributed by atoms with E-state index < -0.39 is 5.41 Å². The van der Waals surface area contributed by atoms with E-state index in [2.05, 4.69) is 10.6 Å².